The van der Waals surface area contributed by atoms with Gasteiger partial charge in [0, 0.05) is 38.6 Å². The lowest BCUT2D eigenvalue weighted by atomic mass is 9.93. The highest BCUT2D eigenvalue weighted by molar-refractivity contribution is 5.79. The smallest absolute Gasteiger partial charge is 0.227 e. The number of rotatable bonds is 2. The highest BCUT2D eigenvalue weighted by atomic mass is 16.2. The van der Waals surface area contributed by atoms with Crippen LogP contribution in [0.2, 0.25) is 0 Å². The first-order valence-corrected chi connectivity index (χ1v) is 8.05. The van der Waals surface area contributed by atoms with Crippen molar-refractivity contribution in [2.75, 3.05) is 31.1 Å². The Bertz CT molecular complexity index is 470. The fraction of sp³-hybridized carbons (Fsp3) is 0.688. The Morgan fingerprint density at radius 2 is 1.86 bits per heavy atom. The summed E-state index contributed by atoms with van der Waals surface area (Å²) in [4.78, 5) is 25.5. The molecule has 2 aliphatic heterocycles. The summed E-state index contributed by atoms with van der Waals surface area (Å²) in [5.41, 5.74) is 0. The Labute approximate surface area is 126 Å². The third-order valence-electron chi connectivity index (χ3n) is 4.70. The lowest BCUT2D eigenvalue weighted by Gasteiger charge is -2.37. The molecule has 2 saturated heterocycles. The standard InChI is InChI=1S/C16H24N4O/c1-13-5-10-19(11-6-13)15(21)14-4-2-9-20(12-14)16-17-7-3-8-18-16/h3,7-8,13-14H,2,4-6,9-12H2,1H3. The van der Waals surface area contributed by atoms with Crippen molar-refractivity contribution in [3.05, 3.63) is 18.5 Å². The fourth-order valence-corrected chi connectivity index (χ4v) is 3.30. The van der Waals surface area contributed by atoms with Crippen molar-refractivity contribution in [3.8, 4) is 0 Å². The Hall–Kier alpha value is -1.65. The van der Waals surface area contributed by atoms with Crippen LogP contribution in [0.5, 0.6) is 0 Å². The third kappa shape index (κ3) is 3.34. The second-order valence-electron chi connectivity index (χ2n) is 6.34. The molecule has 0 saturated carbocycles. The number of piperidine rings is 2. The molecule has 114 valence electrons. The molecule has 21 heavy (non-hydrogen) atoms. The molecule has 2 aliphatic rings. The van der Waals surface area contributed by atoms with E-state index in [4.69, 9.17) is 0 Å². The zero-order valence-corrected chi connectivity index (χ0v) is 12.7. The first-order valence-electron chi connectivity index (χ1n) is 8.05. The van der Waals surface area contributed by atoms with Gasteiger partial charge in [0.1, 0.15) is 0 Å². The number of aromatic nitrogens is 2. The van der Waals surface area contributed by atoms with Crippen molar-refractivity contribution < 1.29 is 4.79 Å². The average molecular weight is 288 g/mol. The van der Waals surface area contributed by atoms with Gasteiger partial charge < -0.3 is 9.80 Å². The Morgan fingerprint density at radius 3 is 2.57 bits per heavy atom. The van der Waals surface area contributed by atoms with Crippen molar-refractivity contribution in [1.29, 1.82) is 0 Å². The van der Waals surface area contributed by atoms with E-state index in [2.05, 4.69) is 26.7 Å². The van der Waals surface area contributed by atoms with Crippen LogP contribution in [0.25, 0.3) is 0 Å². The predicted octanol–water partition coefficient (Wildman–Crippen LogP) is 1.95. The van der Waals surface area contributed by atoms with Gasteiger partial charge in [-0.25, -0.2) is 9.97 Å². The van der Waals surface area contributed by atoms with Gasteiger partial charge >= 0.3 is 0 Å². The van der Waals surface area contributed by atoms with Crippen molar-refractivity contribution in [2.24, 2.45) is 11.8 Å². The van der Waals surface area contributed by atoms with Crippen LogP contribution in [0, 0.1) is 11.8 Å². The monoisotopic (exact) mass is 288 g/mol. The molecule has 1 amide bonds. The van der Waals surface area contributed by atoms with Gasteiger partial charge in [-0.15, -0.1) is 0 Å². The van der Waals surface area contributed by atoms with Crippen molar-refractivity contribution >= 4 is 11.9 Å². The molecule has 5 heteroatoms. The molecule has 3 rings (SSSR count). The van der Waals surface area contributed by atoms with E-state index < -0.39 is 0 Å². The largest absolute Gasteiger partial charge is 0.342 e. The quantitative estimate of drug-likeness (QED) is 0.834. The first kappa shape index (κ1) is 14.3. The zero-order valence-electron chi connectivity index (χ0n) is 12.7. The maximum absolute atomic E-state index is 12.7. The fourth-order valence-electron chi connectivity index (χ4n) is 3.30. The van der Waals surface area contributed by atoms with Crippen LogP contribution in [0.1, 0.15) is 32.6 Å². The molecule has 3 heterocycles. The Balaban J connectivity index is 1.62. The van der Waals surface area contributed by atoms with Crippen LogP contribution in [0.4, 0.5) is 5.95 Å². The number of anilines is 1. The predicted molar refractivity (Wildman–Crippen MR) is 81.9 cm³/mol. The van der Waals surface area contributed by atoms with Crippen LogP contribution >= 0.6 is 0 Å². The maximum atomic E-state index is 12.7. The minimum absolute atomic E-state index is 0.107. The molecule has 2 fully saturated rings. The van der Waals surface area contributed by atoms with E-state index in [1.54, 1.807) is 12.4 Å². The molecule has 0 radical (unpaired) electrons. The Kier molecular flexibility index (Phi) is 4.36. The molecule has 1 atom stereocenters. The van der Waals surface area contributed by atoms with E-state index in [1.165, 1.54) is 0 Å². The molecule has 1 unspecified atom stereocenters. The molecule has 0 aliphatic carbocycles. The van der Waals surface area contributed by atoms with Crippen LogP contribution < -0.4 is 4.90 Å². The SMILES string of the molecule is CC1CCN(C(=O)C2CCCN(c3ncccn3)C2)CC1. The molecule has 1 aromatic rings. The van der Waals surface area contributed by atoms with Crippen molar-refractivity contribution in [1.82, 2.24) is 14.9 Å². The number of amides is 1. The van der Waals surface area contributed by atoms with Gasteiger partial charge in [-0.05, 0) is 37.7 Å². The van der Waals surface area contributed by atoms with E-state index in [0.29, 0.717) is 5.91 Å². The highest BCUT2D eigenvalue weighted by Crippen LogP contribution is 2.24. The molecule has 0 bridgehead atoms. The Morgan fingerprint density at radius 1 is 1.14 bits per heavy atom. The molecular formula is C16H24N4O. The molecule has 5 nitrogen and oxygen atoms in total. The number of hydrogen-bond acceptors (Lipinski definition) is 4. The normalized spacial score (nSPS) is 24.1. The van der Waals surface area contributed by atoms with Crippen LogP contribution in [-0.2, 0) is 4.79 Å². The van der Waals surface area contributed by atoms with Gasteiger partial charge in [-0.1, -0.05) is 6.92 Å². The summed E-state index contributed by atoms with van der Waals surface area (Å²) in [6.07, 6.45) is 7.85. The van der Waals surface area contributed by atoms with Crippen LogP contribution in [-0.4, -0.2) is 47.0 Å². The number of carbonyl (C=O) groups is 1. The second-order valence-corrected chi connectivity index (χ2v) is 6.34. The number of hydrogen-bond donors (Lipinski definition) is 0. The molecule has 0 N–H and O–H groups in total. The van der Waals surface area contributed by atoms with Crippen LogP contribution in [0.3, 0.4) is 0 Å². The summed E-state index contributed by atoms with van der Waals surface area (Å²) >= 11 is 0. The number of nitrogens with zero attached hydrogens (tertiary/aromatic N) is 4. The third-order valence-corrected chi connectivity index (χ3v) is 4.70. The van der Waals surface area contributed by atoms with Gasteiger partial charge in [0.2, 0.25) is 11.9 Å². The second kappa shape index (κ2) is 6.41. The lowest BCUT2D eigenvalue weighted by Crippen LogP contribution is -2.47. The molecule has 1 aromatic heterocycles. The first-order chi connectivity index (χ1) is 10.2. The summed E-state index contributed by atoms with van der Waals surface area (Å²) in [6, 6.07) is 1.82. The zero-order chi connectivity index (χ0) is 14.7. The van der Waals surface area contributed by atoms with E-state index in [9.17, 15) is 4.79 Å². The van der Waals surface area contributed by atoms with Gasteiger partial charge in [-0.2, -0.15) is 0 Å². The minimum Gasteiger partial charge on any atom is -0.342 e. The van der Waals surface area contributed by atoms with E-state index in [0.717, 1.165) is 63.7 Å². The van der Waals surface area contributed by atoms with E-state index in [-0.39, 0.29) is 5.92 Å². The molecule has 0 spiro atoms. The number of carbonyl (C=O) groups excluding carboxylic acids is 1. The summed E-state index contributed by atoms with van der Waals surface area (Å²) < 4.78 is 0. The maximum Gasteiger partial charge on any atom is 0.227 e. The van der Waals surface area contributed by atoms with Gasteiger partial charge in [0.05, 0.1) is 5.92 Å². The number of likely N-dealkylation sites (tertiary alicyclic amines) is 1. The van der Waals surface area contributed by atoms with Gasteiger partial charge in [0.25, 0.3) is 0 Å². The average Bonchev–Trinajstić information content (AvgIpc) is 2.56. The summed E-state index contributed by atoms with van der Waals surface area (Å²) in [6.45, 7) is 5.84. The summed E-state index contributed by atoms with van der Waals surface area (Å²) in [7, 11) is 0. The lowest BCUT2D eigenvalue weighted by molar-refractivity contribution is -0.137. The van der Waals surface area contributed by atoms with E-state index in [1.807, 2.05) is 6.07 Å². The van der Waals surface area contributed by atoms with Gasteiger partial charge in [-0.3, -0.25) is 4.79 Å². The van der Waals surface area contributed by atoms with Crippen molar-refractivity contribution in [2.45, 2.75) is 32.6 Å². The summed E-state index contributed by atoms with van der Waals surface area (Å²) in [5.74, 6) is 1.95. The van der Waals surface area contributed by atoms with E-state index >= 15 is 0 Å². The highest BCUT2D eigenvalue weighted by Gasteiger charge is 2.31. The molecular weight excluding hydrogens is 264 g/mol. The summed E-state index contributed by atoms with van der Waals surface area (Å²) in [5, 5.41) is 0. The molecule has 0 aromatic carbocycles. The minimum atomic E-state index is 0.107. The van der Waals surface area contributed by atoms with Crippen LogP contribution in [0.15, 0.2) is 18.5 Å². The topological polar surface area (TPSA) is 49.3 Å². The van der Waals surface area contributed by atoms with Gasteiger partial charge in [0.15, 0.2) is 0 Å². The van der Waals surface area contributed by atoms with Crippen molar-refractivity contribution in [3.63, 3.8) is 0 Å².